The van der Waals surface area contributed by atoms with Crippen LogP contribution in [0.25, 0.3) is 5.76 Å². The lowest BCUT2D eigenvalue weighted by molar-refractivity contribution is 0.212. The molecule has 1 saturated heterocycles. The second kappa shape index (κ2) is 8.23. The van der Waals surface area contributed by atoms with Crippen LogP contribution < -0.4 is 0 Å². The molecule has 1 aromatic rings. The third kappa shape index (κ3) is 5.20. The van der Waals surface area contributed by atoms with Gasteiger partial charge in [0.1, 0.15) is 5.76 Å². The third-order valence-electron chi connectivity index (χ3n) is 4.41. The van der Waals surface area contributed by atoms with Gasteiger partial charge in [-0.05, 0) is 69.8 Å². The molecule has 2 rings (SSSR count). The highest BCUT2D eigenvalue weighted by atomic mass is 16.5. The van der Waals surface area contributed by atoms with Crippen molar-refractivity contribution >= 4 is 5.76 Å². The van der Waals surface area contributed by atoms with Crippen LogP contribution >= 0.6 is 0 Å². The maximum Gasteiger partial charge on any atom is 0.119 e. The predicted octanol–water partition coefficient (Wildman–Crippen LogP) is 4.36. The first-order valence-corrected chi connectivity index (χ1v) is 8.28. The Balaban J connectivity index is 1.84. The summed E-state index contributed by atoms with van der Waals surface area (Å²) in [7, 11) is 2.22. The fourth-order valence-electron chi connectivity index (χ4n) is 2.93. The molecule has 0 N–H and O–H groups in total. The fraction of sp³-hybridized carbons (Fsp3) is 0.579. The number of rotatable bonds is 7. The molecule has 1 aromatic carbocycles. The number of piperidine rings is 1. The van der Waals surface area contributed by atoms with E-state index < -0.39 is 0 Å². The first-order chi connectivity index (χ1) is 10.2. The van der Waals surface area contributed by atoms with E-state index in [-0.39, 0.29) is 0 Å². The number of hydrogen-bond acceptors (Lipinski definition) is 2. The number of benzene rings is 1. The summed E-state index contributed by atoms with van der Waals surface area (Å²) in [6.07, 6.45) is 6.20. The molecule has 0 aromatic heterocycles. The van der Waals surface area contributed by atoms with Crippen LogP contribution in [-0.2, 0) is 11.2 Å². The van der Waals surface area contributed by atoms with Crippen LogP contribution in [0.1, 0.15) is 43.7 Å². The van der Waals surface area contributed by atoms with E-state index in [2.05, 4.69) is 49.7 Å². The minimum atomic E-state index is 0.749. The molecule has 2 heteroatoms. The Bertz CT molecular complexity index is 447. The zero-order chi connectivity index (χ0) is 15.1. The van der Waals surface area contributed by atoms with Crippen molar-refractivity contribution in [3.05, 3.63) is 42.0 Å². The molecule has 0 amide bonds. The van der Waals surface area contributed by atoms with E-state index in [0.717, 1.165) is 30.3 Å². The molecule has 0 radical (unpaired) electrons. The lowest BCUT2D eigenvalue weighted by Gasteiger charge is -2.28. The summed E-state index contributed by atoms with van der Waals surface area (Å²) in [5.74, 6) is 1.70. The standard InChI is InChI=1S/C19H29NO/c1-4-14-21-16(2)19-7-5-6-18(15-19)9-8-17-10-12-20(3)13-11-17/h5-7,15,17H,2,4,8-14H2,1,3H3. The summed E-state index contributed by atoms with van der Waals surface area (Å²) in [6.45, 7) is 9.41. The highest BCUT2D eigenvalue weighted by molar-refractivity contribution is 5.58. The Labute approximate surface area is 129 Å². The Morgan fingerprint density at radius 1 is 1.33 bits per heavy atom. The highest BCUT2D eigenvalue weighted by Crippen LogP contribution is 2.23. The summed E-state index contributed by atoms with van der Waals surface area (Å²) in [5.41, 5.74) is 2.54. The molecule has 116 valence electrons. The van der Waals surface area contributed by atoms with Crippen LogP contribution in [0.15, 0.2) is 30.8 Å². The number of ether oxygens (including phenoxy) is 1. The van der Waals surface area contributed by atoms with Crippen LogP contribution in [0, 0.1) is 5.92 Å². The predicted molar refractivity (Wildman–Crippen MR) is 90.3 cm³/mol. The first-order valence-electron chi connectivity index (χ1n) is 8.28. The van der Waals surface area contributed by atoms with Gasteiger partial charge in [0, 0.05) is 5.56 Å². The van der Waals surface area contributed by atoms with Crippen molar-refractivity contribution in [3.8, 4) is 0 Å². The largest absolute Gasteiger partial charge is 0.494 e. The number of aryl methyl sites for hydroxylation is 1. The molecule has 1 heterocycles. The molecule has 0 atom stereocenters. The lowest BCUT2D eigenvalue weighted by Crippen LogP contribution is -2.30. The van der Waals surface area contributed by atoms with E-state index >= 15 is 0 Å². The van der Waals surface area contributed by atoms with Crippen LogP contribution in [0.3, 0.4) is 0 Å². The van der Waals surface area contributed by atoms with Crippen LogP contribution in [0.4, 0.5) is 0 Å². The average Bonchev–Trinajstić information content (AvgIpc) is 2.52. The molecular weight excluding hydrogens is 258 g/mol. The zero-order valence-corrected chi connectivity index (χ0v) is 13.6. The van der Waals surface area contributed by atoms with Gasteiger partial charge in [-0.15, -0.1) is 0 Å². The highest BCUT2D eigenvalue weighted by Gasteiger charge is 2.16. The Morgan fingerprint density at radius 2 is 2.10 bits per heavy atom. The second-order valence-electron chi connectivity index (χ2n) is 6.26. The summed E-state index contributed by atoms with van der Waals surface area (Å²) in [6, 6.07) is 8.69. The molecule has 0 unspecified atom stereocenters. The van der Waals surface area contributed by atoms with Gasteiger partial charge in [-0.2, -0.15) is 0 Å². The Hall–Kier alpha value is -1.28. The molecule has 0 spiro atoms. The van der Waals surface area contributed by atoms with Crippen LogP contribution in [-0.4, -0.2) is 31.6 Å². The van der Waals surface area contributed by atoms with Crippen molar-refractivity contribution < 1.29 is 4.74 Å². The van der Waals surface area contributed by atoms with Crippen molar-refractivity contribution in [1.29, 1.82) is 0 Å². The van der Waals surface area contributed by atoms with E-state index in [1.54, 1.807) is 0 Å². The van der Waals surface area contributed by atoms with Gasteiger partial charge in [-0.25, -0.2) is 0 Å². The first kappa shape index (κ1) is 16.1. The molecule has 0 aliphatic carbocycles. The van der Waals surface area contributed by atoms with Gasteiger partial charge in [0.2, 0.25) is 0 Å². The van der Waals surface area contributed by atoms with Gasteiger partial charge in [-0.3, -0.25) is 0 Å². The summed E-state index contributed by atoms with van der Waals surface area (Å²) in [5, 5.41) is 0. The van der Waals surface area contributed by atoms with E-state index in [9.17, 15) is 0 Å². The van der Waals surface area contributed by atoms with Gasteiger partial charge >= 0.3 is 0 Å². The molecular formula is C19H29NO. The van der Waals surface area contributed by atoms with E-state index in [1.165, 1.54) is 44.3 Å². The monoisotopic (exact) mass is 287 g/mol. The van der Waals surface area contributed by atoms with Crippen molar-refractivity contribution in [2.24, 2.45) is 5.92 Å². The van der Waals surface area contributed by atoms with Crippen LogP contribution in [0.2, 0.25) is 0 Å². The molecule has 2 nitrogen and oxygen atoms in total. The quantitative estimate of drug-likeness (QED) is 0.691. The van der Waals surface area contributed by atoms with E-state index in [4.69, 9.17) is 4.74 Å². The summed E-state index contributed by atoms with van der Waals surface area (Å²) < 4.78 is 5.64. The number of hydrogen-bond donors (Lipinski definition) is 0. The van der Waals surface area contributed by atoms with Crippen molar-refractivity contribution in [2.75, 3.05) is 26.7 Å². The third-order valence-corrected chi connectivity index (χ3v) is 4.41. The molecule has 0 saturated carbocycles. The normalized spacial score (nSPS) is 16.9. The van der Waals surface area contributed by atoms with Crippen molar-refractivity contribution in [2.45, 2.75) is 39.0 Å². The molecule has 1 aliphatic heterocycles. The average molecular weight is 287 g/mol. The van der Waals surface area contributed by atoms with Gasteiger partial charge in [-0.1, -0.05) is 31.7 Å². The number of nitrogens with zero attached hydrogens (tertiary/aromatic N) is 1. The van der Waals surface area contributed by atoms with Crippen LogP contribution in [0.5, 0.6) is 0 Å². The Morgan fingerprint density at radius 3 is 2.81 bits per heavy atom. The van der Waals surface area contributed by atoms with E-state index in [0.29, 0.717) is 0 Å². The van der Waals surface area contributed by atoms with Gasteiger partial charge in [0.25, 0.3) is 0 Å². The SMILES string of the molecule is C=C(OCCC)c1cccc(CCC2CCN(C)CC2)c1. The lowest BCUT2D eigenvalue weighted by atomic mass is 9.90. The molecule has 0 bridgehead atoms. The smallest absolute Gasteiger partial charge is 0.119 e. The maximum absolute atomic E-state index is 5.64. The second-order valence-corrected chi connectivity index (χ2v) is 6.26. The molecule has 1 aliphatic rings. The van der Waals surface area contributed by atoms with Crippen molar-refractivity contribution in [3.63, 3.8) is 0 Å². The van der Waals surface area contributed by atoms with Gasteiger partial charge < -0.3 is 9.64 Å². The van der Waals surface area contributed by atoms with Gasteiger partial charge in [0.15, 0.2) is 0 Å². The minimum Gasteiger partial charge on any atom is -0.494 e. The topological polar surface area (TPSA) is 12.5 Å². The number of likely N-dealkylation sites (tertiary alicyclic amines) is 1. The maximum atomic E-state index is 5.64. The fourth-order valence-corrected chi connectivity index (χ4v) is 2.93. The summed E-state index contributed by atoms with van der Waals surface area (Å²) in [4.78, 5) is 2.44. The van der Waals surface area contributed by atoms with Gasteiger partial charge in [0.05, 0.1) is 6.61 Å². The van der Waals surface area contributed by atoms with Crippen molar-refractivity contribution in [1.82, 2.24) is 4.90 Å². The molecule has 21 heavy (non-hydrogen) atoms. The Kier molecular flexibility index (Phi) is 6.31. The summed E-state index contributed by atoms with van der Waals surface area (Å²) >= 11 is 0. The van der Waals surface area contributed by atoms with E-state index in [1.807, 2.05) is 0 Å². The molecule has 1 fully saturated rings. The minimum absolute atomic E-state index is 0.749. The zero-order valence-electron chi connectivity index (χ0n) is 13.6.